The molecular formula is C17H22N4O. The van der Waals surface area contributed by atoms with Gasteiger partial charge in [0.15, 0.2) is 5.69 Å². The molecule has 3 rings (SSSR count). The first-order valence-corrected chi connectivity index (χ1v) is 7.81. The standard InChI is InChI=1S/C17H22N4O/c1-13(18)14-7-10-20(11-8-14)17(22)16-9-12-21(19-16)15-5-3-2-4-6-15/h2-6,9,12-14H,7-8,10-11,18H2,1H3. The number of likely N-dealkylation sites (tertiary alicyclic amines) is 1. The molecular weight excluding hydrogens is 276 g/mol. The van der Waals surface area contributed by atoms with E-state index in [0.29, 0.717) is 11.6 Å². The zero-order valence-electron chi connectivity index (χ0n) is 12.9. The lowest BCUT2D eigenvalue weighted by molar-refractivity contribution is 0.0674. The molecule has 1 aromatic carbocycles. The molecule has 0 spiro atoms. The minimum Gasteiger partial charge on any atom is -0.337 e. The summed E-state index contributed by atoms with van der Waals surface area (Å²) in [5.41, 5.74) is 7.41. The normalized spacial score (nSPS) is 17.5. The van der Waals surface area contributed by atoms with Gasteiger partial charge in [-0.2, -0.15) is 5.10 Å². The number of rotatable bonds is 3. The summed E-state index contributed by atoms with van der Waals surface area (Å²) in [6.45, 7) is 3.58. The molecule has 0 aliphatic carbocycles. The zero-order chi connectivity index (χ0) is 15.5. The average Bonchev–Trinajstić information content (AvgIpc) is 3.05. The van der Waals surface area contributed by atoms with Crippen molar-refractivity contribution in [3.63, 3.8) is 0 Å². The van der Waals surface area contributed by atoms with Crippen LogP contribution in [0.5, 0.6) is 0 Å². The van der Waals surface area contributed by atoms with Gasteiger partial charge in [0.05, 0.1) is 5.69 Å². The van der Waals surface area contributed by atoms with Crippen LogP contribution in [0.3, 0.4) is 0 Å². The summed E-state index contributed by atoms with van der Waals surface area (Å²) in [6, 6.07) is 11.8. The predicted octanol–water partition coefficient (Wildman–Crippen LogP) is 2.07. The van der Waals surface area contributed by atoms with E-state index < -0.39 is 0 Å². The predicted molar refractivity (Wildman–Crippen MR) is 85.8 cm³/mol. The van der Waals surface area contributed by atoms with E-state index in [4.69, 9.17) is 5.73 Å². The van der Waals surface area contributed by atoms with E-state index in [2.05, 4.69) is 5.10 Å². The Labute approximate surface area is 130 Å². The van der Waals surface area contributed by atoms with Gasteiger partial charge in [-0.3, -0.25) is 4.79 Å². The van der Waals surface area contributed by atoms with Gasteiger partial charge in [0, 0.05) is 25.3 Å². The van der Waals surface area contributed by atoms with Crippen molar-refractivity contribution >= 4 is 5.91 Å². The van der Waals surface area contributed by atoms with Gasteiger partial charge in [-0.05, 0) is 43.9 Å². The molecule has 1 unspecified atom stereocenters. The molecule has 1 atom stereocenters. The monoisotopic (exact) mass is 298 g/mol. The number of amides is 1. The van der Waals surface area contributed by atoms with Crippen LogP contribution in [0.1, 0.15) is 30.3 Å². The summed E-state index contributed by atoms with van der Waals surface area (Å²) in [5.74, 6) is 0.531. The number of carbonyl (C=O) groups excluding carboxylic acids is 1. The Hall–Kier alpha value is -2.14. The van der Waals surface area contributed by atoms with E-state index in [-0.39, 0.29) is 11.9 Å². The van der Waals surface area contributed by atoms with Gasteiger partial charge in [-0.25, -0.2) is 4.68 Å². The van der Waals surface area contributed by atoms with Gasteiger partial charge in [0.25, 0.3) is 5.91 Å². The Kier molecular flexibility index (Phi) is 4.24. The van der Waals surface area contributed by atoms with Crippen LogP contribution in [0, 0.1) is 5.92 Å². The summed E-state index contributed by atoms with van der Waals surface area (Å²) in [6.07, 6.45) is 3.78. The van der Waals surface area contributed by atoms with Crippen molar-refractivity contribution in [2.45, 2.75) is 25.8 Å². The van der Waals surface area contributed by atoms with Crippen molar-refractivity contribution in [2.75, 3.05) is 13.1 Å². The quantitative estimate of drug-likeness (QED) is 0.943. The van der Waals surface area contributed by atoms with Crippen molar-refractivity contribution in [2.24, 2.45) is 11.7 Å². The molecule has 1 saturated heterocycles. The second-order valence-corrected chi connectivity index (χ2v) is 5.97. The molecule has 2 aromatic rings. The van der Waals surface area contributed by atoms with E-state index >= 15 is 0 Å². The second kappa shape index (κ2) is 6.32. The molecule has 1 aliphatic rings. The van der Waals surface area contributed by atoms with Crippen LogP contribution in [0.25, 0.3) is 5.69 Å². The molecule has 1 aliphatic heterocycles. The fourth-order valence-corrected chi connectivity index (χ4v) is 2.95. The fourth-order valence-electron chi connectivity index (χ4n) is 2.95. The number of para-hydroxylation sites is 1. The first-order valence-electron chi connectivity index (χ1n) is 7.81. The van der Waals surface area contributed by atoms with Crippen LogP contribution in [0.2, 0.25) is 0 Å². The lowest BCUT2D eigenvalue weighted by Gasteiger charge is -2.33. The van der Waals surface area contributed by atoms with Gasteiger partial charge < -0.3 is 10.6 Å². The first-order chi connectivity index (χ1) is 10.6. The Morgan fingerprint density at radius 2 is 1.91 bits per heavy atom. The lowest BCUT2D eigenvalue weighted by Crippen LogP contribution is -2.42. The SMILES string of the molecule is CC(N)C1CCN(C(=O)c2ccn(-c3ccccc3)n2)CC1. The van der Waals surface area contributed by atoms with Gasteiger partial charge in [-0.15, -0.1) is 0 Å². The number of nitrogens with two attached hydrogens (primary N) is 1. The lowest BCUT2D eigenvalue weighted by atomic mass is 9.91. The number of hydrogen-bond acceptors (Lipinski definition) is 3. The molecule has 0 radical (unpaired) electrons. The van der Waals surface area contributed by atoms with Crippen molar-refractivity contribution < 1.29 is 4.79 Å². The Bertz CT molecular complexity index is 627. The number of nitrogens with zero attached hydrogens (tertiary/aromatic N) is 3. The third-order valence-electron chi connectivity index (χ3n) is 4.40. The van der Waals surface area contributed by atoms with Gasteiger partial charge >= 0.3 is 0 Å². The maximum absolute atomic E-state index is 12.5. The summed E-state index contributed by atoms with van der Waals surface area (Å²) >= 11 is 0. The molecule has 5 heteroatoms. The maximum Gasteiger partial charge on any atom is 0.274 e. The highest BCUT2D eigenvalue weighted by molar-refractivity contribution is 5.92. The van der Waals surface area contributed by atoms with Crippen LogP contribution in [0.15, 0.2) is 42.6 Å². The first kappa shape index (κ1) is 14.8. The largest absolute Gasteiger partial charge is 0.337 e. The topological polar surface area (TPSA) is 64.2 Å². The van der Waals surface area contributed by atoms with Crippen molar-refractivity contribution in [1.82, 2.24) is 14.7 Å². The Balaban J connectivity index is 1.68. The highest BCUT2D eigenvalue weighted by Crippen LogP contribution is 2.21. The maximum atomic E-state index is 12.5. The average molecular weight is 298 g/mol. The van der Waals surface area contributed by atoms with Crippen LogP contribution in [-0.2, 0) is 0 Å². The van der Waals surface area contributed by atoms with E-state index in [9.17, 15) is 4.79 Å². The van der Waals surface area contributed by atoms with E-state index in [1.54, 1.807) is 10.7 Å². The number of aromatic nitrogens is 2. The van der Waals surface area contributed by atoms with Gasteiger partial charge in [0.2, 0.25) is 0 Å². The Morgan fingerprint density at radius 1 is 1.23 bits per heavy atom. The Morgan fingerprint density at radius 3 is 2.55 bits per heavy atom. The molecule has 1 amide bonds. The zero-order valence-corrected chi connectivity index (χ0v) is 12.9. The molecule has 116 valence electrons. The summed E-state index contributed by atoms with van der Waals surface area (Å²) in [4.78, 5) is 14.4. The highest BCUT2D eigenvalue weighted by Gasteiger charge is 2.26. The van der Waals surface area contributed by atoms with Crippen molar-refractivity contribution in [3.8, 4) is 5.69 Å². The molecule has 22 heavy (non-hydrogen) atoms. The van der Waals surface area contributed by atoms with Crippen LogP contribution < -0.4 is 5.73 Å². The van der Waals surface area contributed by atoms with E-state index in [1.807, 2.05) is 48.4 Å². The smallest absolute Gasteiger partial charge is 0.274 e. The third kappa shape index (κ3) is 3.04. The molecule has 0 saturated carbocycles. The summed E-state index contributed by atoms with van der Waals surface area (Å²) < 4.78 is 1.74. The minimum absolute atomic E-state index is 0.0119. The van der Waals surface area contributed by atoms with Crippen LogP contribution >= 0.6 is 0 Å². The van der Waals surface area contributed by atoms with E-state index in [0.717, 1.165) is 31.6 Å². The molecule has 1 aromatic heterocycles. The molecule has 1 fully saturated rings. The van der Waals surface area contributed by atoms with Crippen molar-refractivity contribution in [3.05, 3.63) is 48.3 Å². The van der Waals surface area contributed by atoms with Gasteiger partial charge in [-0.1, -0.05) is 18.2 Å². The number of hydrogen-bond donors (Lipinski definition) is 1. The summed E-state index contributed by atoms with van der Waals surface area (Å²) in [7, 11) is 0. The summed E-state index contributed by atoms with van der Waals surface area (Å²) in [5, 5.41) is 4.41. The van der Waals surface area contributed by atoms with E-state index in [1.165, 1.54) is 0 Å². The van der Waals surface area contributed by atoms with Crippen LogP contribution in [-0.4, -0.2) is 39.7 Å². The molecule has 2 heterocycles. The number of carbonyl (C=O) groups is 1. The number of benzene rings is 1. The minimum atomic E-state index is 0.0119. The third-order valence-corrected chi connectivity index (χ3v) is 4.40. The molecule has 2 N–H and O–H groups in total. The van der Waals surface area contributed by atoms with Crippen molar-refractivity contribution in [1.29, 1.82) is 0 Å². The van der Waals surface area contributed by atoms with Crippen LogP contribution in [0.4, 0.5) is 0 Å². The fraction of sp³-hybridized carbons (Fsp3) is 0.412. The molecule has 0 bridgehead atoms. The molecule has 5 nitrogen and oxygen atoms in total. The van der Waals surface area contributed by atoms with Gasteiger partial charge in [0.1, 0.15) is 0 Å². The second-order valence-electron chi connectivity index (χ2n) is 5.97. The highest BCUT2D eigenvalue weighted by atomic mass is 16.2. The number of piperidine rings is 1.